The number of aliphatic imine (C=N–C) groups is 2. The molecule has 228 valence electrons. The fourth-order valence-corrected chi connectivity index (χ4v) is 6.01. The maximum absolute atomic E-state index is 5.21. The third-order valence-corrected chi connectivity index (χ3v) is 8.41. The van der Waals surface area contributed by atoms with Crippen LogP contribution in [0.15, 0.2) is 186 Å². The molecule has 1 N–H and O–H groups in total. The predicted molar refractivity (Wildman–Crippen MR) is 196 cm³/mol. The molecular weight excluding hydrogens is 587 g/mol. The van der Waals surface area contributed by atoms with Gasteiger partial charge in [0.15, 0.2) is 5.84 Å². The molecule has 0 radical (unpaired) electrons. The van der Waals surface area contributed by atoms with Crippen molar-refractivity contribution in [2.45, 2.75) is 6.17 Å². The van der Waals surface area contributed by atoms with Crippen LogP contribution in [0.5, 0.6) is 0 Å². The molecule has 3 heterocycles. The molecule has 0 amide bonds. The molecular formula is C43H31N5. The van der Waals surface area contributed by atoms with Gasteiger partial charge in [0.2, 0.25) is 0 Å². The molecule has 5 heteroatoms. The molecule has 0 bridgehead atoms. The SMILES string of the molecule is c1ccc(-c2cc(C3=NC(c4cccc(-c5ccccn5)c4)=NC(c4cccc(-c5ccccn5)c4)N3)cc(-c3ccccc3)c2)cc1. The molecule has 0 spiro atoms. The monoisotopic (exact) mass is 617 g/mol. The van der Waals surface area contributed by atoms with Gasteiger partial charge in [0, 0.05) is 34.6 Å². The molecule has 0 saturated carbocycles. The minimum absolute atomic E-state index is 0.379. The Morgan fingerprint density at radius 1 is 0.396 bits per heavy atom. The smallest absolute Gasteiger partial charge is 0.159 e. The number of pyridine rings is 2. The highest BCUT2D eigenvalue weighted by molar-refractivity contribution is 6.14. The summed E-state index contributed by atoms with van der Waals surface area (Å²) in [5.41, 5.74) is 11.3. The van der Waals surface area contributed by atoms with E-state index in [4.69, 9.17) is 9.98 Å². The minimum atomic E-state index is -0.379. The second-order valence-electron chi connectivity index (χ2n) is 11.6. The van der Waals surface area contributed by atoms with Gasteiger partial charge in [0.05, 0.1) is 11.4 Å². The average molecular weight is 618 g/mol. The molecule has 1 aliphatic rings. The standard InChI is InChI=1S/C43H31N5/c1-3-13-30(14-4-1)36-27-37(31-15-5-2-6-16-31)29-38(28-36)43-47-41(34-19-11-17-32(25-34)39-21-7-9-23-44-39)46-42(48-43)35-20-12-18-33(26-35)40-22-8-10-24-45-40/h1-29,41H,(H,46,47,48). The number of hydrogen-bond acceptors (Lipinski definition) is 5. The maximum Gasteiger partial charge on any atom is 0.159 e. The molecule has 2 aromatic heterocycles. The Labute approximate surface area is 280 Å². The Bertz CT molecular complexity index is 2190. The molecule has 0 fully saturated rings. The Kier molecular flexibility index (Phi) is 7.91. The van der Waals surface area contributed by atoms with Gasteiger partial charge in [-0.25, -0.2) is 9.98 Å². The zero-order valence-electron chi connectivity index (χ0n) is 26.1. The van der Waals surface area contributed by atoms with E-state index in [1.54, 1.807) is 0 Å². The fraction of sp³-hybridized carbons (Fsp3) is 0.0233. The van der Waals surface area contributed by atoms with E-state index in [9.17, 15) is 0 Å². The van der Waals surface area contributed by atoms with E-state index in [1.807, 2.05) is 67.0 Å². The number of aromatic nitrogens is 2. The van der Waals surface area contributed by atoms with Crippen molar-refractivity contribution in [2.75, 3.05) is 0 Å². The summed E-state index contributed by atoms with van der Waals surface area (Å²) in [6.45, 7) is 0. The van der Waals surface area contributed by atoms with Crippen molar-refractivity contribution in [3.8, 4) is 44.8 Å². The predicted octanol–water partition coefficient (Wildman–Crippen LogP) is 9.64. The van der Waals surface area contributed by atoms with Gasteiger partial charge < -0.3 is 5.32 Å². The maximum atomic E-state index is 5.21. The van der Waals surface area contributed by atoms with Gasteiger partial charge in [-0.15, -0.1) is 0 Å². The number of amidine groups is 2. The number of nitrogens with zero attached hydrogens (tertiary/aromatic N) is 4. The summed E-state index contributed by atoms with van der Waals surface area (Å²) in [6, 6.07) is 56.2. The third kappa shape index (κ3) is 6.17. The van der Waals surface area contributed by atoms with Crippen molar-refractivity contribution >= 4 is 11.7 Å². The van der Waals surface area contributed by atoms with Crippen LogP contribution in [0.25, 0.3) is 44.8 Å². The van der Waals surface area contributed by atoms with Crippen molar-refractivity contribution in [1.82, 2.24) is 15.3 Å². The van der Waals surface area contributed by atoms with Gasteiger partial charge in [-0.3, -0.25) is 9.97 Å². The lowest BCUT2D eigenvalue weighted by atomic mass is 9.95. The van der Waals surface area contributed by atoms with Crippen LogP contribution in [-0.2, 0) is 0 Å². The van der Waals surface area contributed by atoms with Gasteiger partial charge in [-0.2, -0.15) is 0 Å². The fourth-order valence-electron chi connectivity index (χ4n) is 6.01. The quantitative estimate of drug-likeness (QED) is 0.194. The van der Waals surface area contributed by atoms with Crippen LogP contribution in [0.1, 0.15) is 22.9 Å². The first-order chi connectivity index (χ1) is 23.8. The molecule has 8 rings (SSSR count). The number of rotatable bonds is 7. The second kappa shape index (κ2) is 13.1. The van der Waals surface area contributed by atoms with Crippen LogP contribution in [0.3, 0.4) is 0 Å². The lowest BCUT2D eigenvalue weighted by molar-refractivity contribution is 0.674. The molecule has 5 nitrogen and oxygen atoms in total. The molecule has 1 aliphatic heterocycles. The Morgan fingerprint density at radius 3 is 1.50 bits per heavy atom. The molecule has 0 saturated heterocycles. The molecule has 7 aromatic rings. The van der Waals surface area contributed by atoms with Crippen molar-refractivity contribution in [2.24, 2.45) is 9.98 Å². The van der Waals surface area contributed by atoms with Crippen molar-refractivity contribution in [3.63, 3.8) is 0 Å². The number of benzene rings is 5. The Hall–Kier alpha value is -6.46. The summed E-state index contributed by atoms with van der Waals surface area (Å²) in [5.74, 6) is 1.41. The summed E-state index contributed by atoms with van der Waals surface area (Å²) in [6.07, 6.45) is 3.25. The molecule has 0 aliphatic carbocycles. The Balaban J connectivity index is 1.27. The first-order valence-electron chi connectivity index (χ1n) is 16.0. The largest absolute Gasteiger partial charge is 0.344 e. The molecule has 5 aromatic carbocycles. The summed E-state index contributed by atoms with van der Waals surface area (Å²) < 4.78 is 0. The van der Waals surface area contributed by atoms with E-state index in [0.29, 0.717) is 5.84 Å². The van der Waals surface area contributed by atoms with E-state index in [-0.39, 0.29) is 6.17 Å². The highest BCUT2D eigenvalue weighted by Gasteiger charge is 2.23. The van der Waals surface area contributed by atoms with Gasteiger partial charge >= 0.3 is 0 Å². The Morgan fingerprint density at radius 2 is 0.896 bits per heavy atom. The second-order valence-corrected chi connectivity index (χ2v) is 11.6. The zero-order chi connectivity index (χ0) is 32.1. The summed E-state index contributed by atoms with van der Waals surface area (Å²) >= 11 is 0. The summed E-state index contributed by atoms with van der Waals surface area (Å²) in [5, 5.41) is 3.70. The summed E-state index contributed by atoms with van der Waals surface area (Å²) in [4.78, 5) is 19.6. The van der Waals surface area contributed by atoms with Gasteiger partial charge in [-0.1, -0.05) is 109 Å². The number of hydrogen-bond donors (Lipinski definition) is 1. The van der Waals surface area contributed by atoms with Crippen molar-refractivity contribution in [3.05, 3.63) is 193 Å². The van der Waals surface area contributed by atoms with Crippen LogP contribution in [-0.4, -0.2) is 21.6 Å². The van der Waals surface area contributed by atoms with Crippen LogP contribution < -0.4 is 5.32 Å². The van der Waals surface area contributed by atoms with E-state index in [2.05, 4.69) is 124 Å². The van der Waals surface area contributed by atoms with Gasteiger partial charge in [-0.05, 0) is 82.4 Å². The minimum Gasteiger partial charge on any atom is -0.344 e. The van der Waals surface area contributed by atoms with Crippen molar-refractivity contribution in [1.29, 1.82) is 0 Å². The summed E-state index contributed by atoms with van der Waals surface area (Å²) in [7, 11) is 0. The molecule has 1 unspecified atom stereocenters. The van der Waals surface area contributed by atoms with E-state index < -0.39 is 0 Å². The average Bonchev–Trinajstić information content (AvgIpc) is 3.19. The topological polar surface area (TPSA) is 62.5 Å². The lowest BCUT2D eigenvalue weighted by Gasteiger charge is -2.25. The normalized spacial score (nSPS) is 14.0. The van der Waals surface area contributed by atoms with Crippen LogP contribution >= 0.6 is 0 Å². The molecule has 1 atom stereocenters. The van der Waals surface area contributed by atoms with E-state index in [0.717, 1.165) is 67.3 Å². The van der Waals surface area contributed by atoms with E-state index in [1.165, 1.54) is 0 Å². The third-order valence-electron chi connectivity index (χ3n) is 8.41. The van der Waals surface area contributed by atoms with E-state index >= 15 is 0 Å². The first-order valence-corrected chi connectivity index (χ1v) is 16.0. The first kappa shape index (κ1) is 29.0. The highest BCUT2D eigenvalue weighted by atomic mass is 15.2. The van der Waals surface area contributed by atoms with Crippen LogP contribution in [0.2, 0.25) is 0 Å². The van der Waals surface area contributed by atoms with Crippen LogP contribution in [0.4, 0.5) is 0 Å². The lowest BCUT2D eigenvalue weighted by Crippen LogP contribution is -2.33. The van der Waals surface area contributed by atoms with Crippen molar-refractivity contribution < 1.29 is 0 Å². The zero-order valence-corrected chi connectivity index (χ0v) is 26.1. The van der Waals surface area contributed by atoms with Crippen LogP contribution in [0, 0.1) is 0 Å². The number of nitrogens with one attached hydrogen (secondary N) is 1. The van der Waals surface area contributed by atoms with Gasteiger partial charge in [0.1, 0.15) is 12.0 Å². The van der Waals surface area contributed by atoms with Gasteiger partial charge in [0.25, 0.3) is 0 Å². The highest BCUT2D eigenvalue weighted by Crippen LogP contribution is 2.31. The molecule has 48 heavy (non-hydrogen) atoms.